The molecule has 178 valence electrons. The average molecular weight is 447 g/mol. The van der Waals surface area contributed by atoms with E-state index in [1.807, 2.05) is 64.2 Å². The second-order valence-electron chi connectivity index (χ2n) is 8.18. The predicted octanol–water partition coefficient (Wildman–Crippen LogP) is 1.96. The Bertz CT molecular complexity index is 802. The number of nitrogens with zero attached hydrogens (tertiary/aromatic N) is 2. The highest BCUT2D eigenvalue weighted by Gasteiger charge is 2.20. The minimum absolute atomic E-state index is 0.0801. The Hall–Kier alpha value is -3.16. The molecule has 0 saturated heterocycles. The van der Waals surface area contributed by atoms with Crippen molar-refractivity contribution in [1.29, 1.82) is 0 Å². The monoisotopic (exact) mass is 446 g/mol. The lowest BCUT2D eigenvalue weighted by Gasteiger charge is -2.15. The lowest BCUT2D eigenvalue weighted by Crippen LogP contribution is -2.38. The molecule has 0 saturated carbocycles. The van der Waals surface area contributed by atoms with E-state index in [-0.39, 0.29) is 35.8 Å². The molecular weight excluding hydrogens is 408 g/mol. The minimum atomic E-state index is -0.501. The van der Waals surface area contributed by atoms with Gasteiger partial charge < -0.3 is 20.4 Å². The van der Waals surface area contributed by atoms with Gasteiger partial charge in [0.1, 0.15) is 0 Å². The van der Waals surface area contributed by atoms with Gasteiger partial charge in [-0.05, 0) is 63.8 Å². The topological polar surface area (TPSA) is 98.8 Å². The SMILES string of the molecule is CC(=O)C(C(=O)NCCNC(=O)C(C(C)=O)=C(C)C(C)=CN(C)C)=C(C)C(C)=CN(C)C. The number of carbonyl (C=O) groups is 4. The van der Waals surface area contributed by atoms with Gasteiger partial charge in [0, 0.05) is 53.7 Å². The van der Waals surface area contributed by atoms with Crippen LogP contribution in [0.15, 0.2) is 45.8 Å². The first-order chi connectivity index (χ1) is 14.7. The summed E-state index contributed by atoms with van der Waals surface area (Å²) in [5.74, 6) is -1.68. The zero-order valence-corrected chi connectivity index (χ0v) is 21.1. The van der Waals surface area contributed by atoms with Crippen LogP contribution in [-0.2, 0) is 19.2 Å². The molecule has 0 aromatic heterocycles. The van der Waals surface area contributed by atoms with Gasteiger partial charge in [-0.2, -0.15) is 0 Å². The number of carbonyl (C=O) groups excluding carboxylic acids is 4. The first kappa shape index (κ1) is 28.8. The molecule has 2 amide bonds. The molecular formula is C24H38N4O4. The van der Waals surface area contributed by atoms with Crippen molar-refractivity contribution in [3.05, 3.63) is 45.8 Å². The minimum Gasteiger partial charge on any atom is -0.383 e. The van der Waals surface area contributed by atoms with Crippen LogP contribution in [0.2, 0.25) is 0 Å². The van der Waals surface area contributed by atoms with Crippen LogP contribution in [0.5, 0.6) is 0 Å². The highest BCUT2D eigenvalue weighted by Crippen LogP contribution is 2.16. The molecule has 8 heteroatoms. The van der Waals surface area contributed by atoms with E-state index in [0.717, 1.165) is 11.1 Å². The highest BCUT2D eigenvalue weighted by atomic mass is 16.2. The number of ketones is 2. The Balaban J connectivity index is 5.32. The van der Waals surface area contributed by atoms with Crippen LogP contribution in [0.3, 0.4) is 0 Å². The van der Waals surface area contributed by atoms with Gasteiger partial charge in [-0.25, -0.2) is 0 Å². The molecule has 0 aliphatic rings. The van der Waals surface area contributed by atoms with Crippen molar-refractivity contribution in [2.45, 2.75) is 41.5 Å². The highest BCUT2D eigenvalue weighted by molar-refractivity contribution is 6.20. The van der Waals surface area contributed by atoms with E-state index in [2.05, 4.69) is 10.6 Å². The second-order valence-corrected chi connectivity index (χ2v) is 8.18. The Morgan fingerprint density at radius 3 is 1.09 bits per heavy atom. The molecule has 8 nitrogen and oxygen atoms in total. The molecule has 0 atom stereocenters. The van der Waals surface area contributed by atoms with Crippen molar-refractivity contribution in [2.24, 2.45) is 0 Å². The van der Waals surface area contributed by atoms with E-state index in [4.69, 9.17) is 0 Å². The number of allylic oxidation sites excluding steroid dienone is 4. The molecule has 0 radical (unpaired) electrons. The Morgan fingerprint density at radius 1 is 0.594 bits per heavy atom. The van der Waals surface area contributed by atoms with Crippen molar-refractivity contribution < 1.29 is 19.2 Å². The zero-order chi connectivity index (χ0) is 25.2. The number of hydrogen-bond acceptors (Lipinski definition) is 6. The van der Waals surface area contributed by atoms with Crippen molar-refractivity contribution in [2.75, 3.05) is 41.3 Å². The molecule has 32 heavy (non-hydrogen) atoms. The van der Waals surface area contributed by atoms with Gasteiger partial charge in [0.15, 0.2) is 11.6 Å². The summed E-state index contributed by atoms with van der Waals surface area (Å²) in [6.07, 6.45) is 3.66. The van der Waals surface area contributed by atoms with Gasteiger partial charge in [0.25, 0.3) is 11.8 Å². The molecule has 0 unspecified atom stereocenters. The molecule has 0 spiro atoms. The van der Waals surface area contributed by atoms with E-state index in [0.29, 0.717) is 11.1 Å². The molecule has 0 aliphatic carbocycles. The fraction of sp³-hybridized carbons (Fsp3) is 0.500. The Kier molecular flexibility index (Phi) is 12.0. The van der Waals surface area contributed by atoms with Crippen molar-refractivity contribution in [3.63, 3.8) is 0 Å². The number of Topliss-reactive ketones (excluding diaryl/α,β-unsaturated/α-hetero) is 2. The second kappa shape index (κ2) is 13.3. The number of nitrogens with one attached hydrogen (secondary N) is 2. The third-order valence-electron chi connectivity index (χ3n) is 4.69. The number of rotatable bonds is 11. The van der Waals surface area contributed by atoms with Gasteiger partial charge >= 0.3 is 0 Å². The molecule has 0 aliphatic heterocycles. The summed E-state index contributed by atoms with van der Waals surface area (Å²) in [5.41, 5.74) is 2.95. The van der Waals surface area contributed by atoms with Crippen LogP contribution in [0, 0.1) is 0 Å². The summed E-state index contributed by atoms with van der Waals surface area (Å²) < 4.78 is 0. The van der Waals surface area contributed by atoms with Gasteiger partial charge in [0.2, 0.25) is 0 Å². The van der Waals surface area contributed by atoms with E-state index < -0.39 is 11.8 Å². The summed E-state index contributed by atoms with van der Waals surface area (Å²) in [7, 11) is 7.43. The average Bonchev–Trinajstić information content (AvgIpc) is 2.63. The van der Waals surface area contributed by atoms with Crippen LogP contribution in [-0.4, -0.2) is 74.5 Å². The lowest BCUT2D eigenvalue weighted by atomic mass is 9.99. The molecule has 2 N–H and O–H groups in total. The Labute approximate surface area is 192 Å². The molecule has 0 aromatic carbocycles. The van der Waals surface area contributed by atoms with E-state index in [1.165, 1.54) is 13.8 Å². The number of amides is 2. The van der Waals surface area contributed by atoms with Crippen LogP contribution < -0.4 is 10.6 Å². The molecule has 0 rings (SSSR count). The summed E-state index contributed by atoms with van der Waals surface area (Å²) in [6.45, 7) is 10.0. The van der Waals surface area contributed by atoms with Crippen molar-refractivity contribution in [1.82, 2.24) is 20.4 Å². The maximum absolute atomic E-state index is 12.6. The van der Waals surface area contributed by atoms with E-state index >= 15 is 0 Å². The van der Waals surface area contributed by atoms with Gasteiger partial charge in [-0.3, -0.25) is 19.2 Å². The smallest absolute Gasteiger partial charge is 0.255 e. The summed E-state index contributed by atoms with van der Waals surface area (Å²) in [6, 6.07) is 0. The lowest BCUT2D eigenvalue weighted by molar-refractivity contribution is -0.124. The molecule has 0 heterocycles. The van der Waals surface area contributed by atoms with Crippen LogP contribution >= 0.6 is 0 Å². The normalized spacial score (nSPS) is 13.6. The standard InChI is InChI=1S/C24H38N4O4/c1-15(13-27(7)8)17(3)21(19(5)29)23(31)25-11-12-26-24(32)22(20(6)30)18(4)16(2)14-28(9)10/h13-14H,11-12H2,1-10H3,(H,25,31)(H,26,32). The maximum atomic E-state index is 12.6. The summed E-state index contributed by atoms with van der Waals surface area (Å²) in [4.78, 5) is 53.0. The van der Waals surface area contributed by atoms with Crippen LogP contribution in [0.4, 0.5) is 0 Å². The quantitative estimate of drug-likeness (QED) is 0.166. The molecule has 0 fully saturated rings. The molecule has 0 bridgehead atoms. The first-order valence-electron chi connectivity index (χ1n) is 10.4. The fourth-order valence-corrected chi connectivity index (χ4v) is 3.08. The van der Waals surface area contributed by atoms with Gasteiger partial charge in [-0.15, -0.1) is 0 Å². The van der Waals surface area contributed by atoms with Crippen LogP contribution in [0.25, 0.3) is 0 Å². The summed E-state index contributed by atoms with van der Waals surface area (Å²) >= 11 is 0. The van der Waals surface area contributed by atoms with Crippen LogP contribution in [0.1, 0.15) is 41.5 Å². The van der Waals surface area contributed by atoms with Crippen molar-refractivity contribution in [3.8, 4) is 0 Å². The Morgan fingerprint density at radius 2 is 0.875 bits per heavy atom. The fourth-order valence-electron chi connectivity index (χ4n) is 3.08. The predicted molar refractivity (Wildman–Crippen MR) is 128 cm³/mol. The molecule has 0 aromatic rings. The zero-order valence-electron chi connectivity index (χ0n) is 21.1. The number of hydrogen-bond donors (Lipinski definition) is 2. The van der Waals surface area contributed by atoms with E-state index in [1.54, 1.807) is 13.8 Å². The maximum Gasteiger partial charge on any atom is 0.255 e. The van der Waals surface area contributed by atoms with Crippen molar-refractivity contribution >= 4 is 23.4 Å². The third kappa shape index (κ3) is 9.32. The largest absolute Gasteiger partial charge is 0.383 e. The van der Waals surface area contributed by atoms with Gasteiger partial charge in [-0.1, -0.05) is 0 Å². The third-order valence-corrected chi connectivity index (χ3v) is 4.69. The van der Waals surface area contributed by atoms with E-state index in [9.17, 15) is 19.2 Å². The van der Waals surface area contributed by atoms with Gasteiger partial charge in [0.05, 0.1) is 11.1 Å². The first-order valence-corrected chi connectivity index (χ1v) is 10.4. The summed E-state index contributed by atoms with van der Waals surface area (Å²) in [5, 5.41) is 5.33.